The van der Waals surface area contributed by atoms with Crippen LogP contribution in [0.3, 0.4) is 0 Å². The van der Waals surface area contributed by atoms with Gasteiger partial charge in [0.2, 0.25) is 0 Å². The summed E-state index contributed by atoms with van der Waals surface area (Å²) in [5, 5.41) is 0. The van der Waals surface area contributed by atoms with Crippen molar-refractivity contribution in [3.05, 3.63) is 18.5 Å². The van der Waals surface area contributed by atoms with E-state index in [0.29, 0.717) is 0 Å². The van der Waals surface area contributed by atoms with E-state index in [9.17, 15) is 0 Å². The Hall–Kier alpha value is 1.10. The Labute approximate surface area is 57.0 Å². The van der Waals surface area contributed by atoms with Crippen molar-refractivity contribution in [2.24, 2.45) is 0 Å². The van der Waals surface area contributed by atoms with Gasteiger partial charge in [0.1, 0.15) is 0 Å². The van der Waals surface area contributed by atoms with Crippen molar-refractivity contribution in [1.29, 1.82) is 0 Å². The molecule has 0 N–H and O–H groups in total. The van der Waals surface area contributed by atoms with Gasteiger partial charge in [0, 0.05) is 0 Å². The molecule has 0 fully saturated rings. The normalized spacial score (nSPS) is 0. The number of hydrogen-bond donors (Lipinski definition) is 0. The molecule has 0 rings (SSSR count). The summed E-state index contributed by atoms with van der Waals surface area (Å²) in [6.45, 7) is 0. The van der Waals surface area contributed by atoms with Gasteiger partial charge in [0.25, 0.3) is 0 Å². The van der Waals surface area contributed by atoms with E-state index in [-0.39, 0.29) is 56.9 Å². The number of rotatable bonds is 0. The summed E-state index contributed by atoms with van der Waals surface area (Å²) in [7, 11) is 0. The zero-order valence-electron chi connectivity index (χ0n) is 2.16. The van der Waals surface area contributed by atoms with E-state index in [1.165, 1.54) is 0 Å². The molecular formula is CrMoN3. The molecule has 0 aliphatic heterocycles. The first-order valence-electron chi connectivity index (χ1n) is 0. The molecule has 27 valence electrons. The summed E-state index contributed by atoms with van der Waals surface area (Å²) in [5.74, 6) is 0. The van der Waals surface area contributed by atoms with Gasteiger partial charge in [-0.1, -0.05) is 0 Å². The van der Waals surface area contributed by atoms with Crippen molar-refractivity contribution in [1.82, 2.24) is 0 Å². The molecule has 0 saturated heterocycles. The molecule has 0 heterocycles. The van der Waals surface area contributed by atoms with Crippen LogP contribution in [0.4, 0.5) is 0 Å². The maximum absolute atomic E-state index is 0. The molecule has 5 heteroatoms. The van der Waals surface area contributed by atoms with E-state index < -0.39 is 0 Å². The topological polar surface area (TPSA) is 91.5 Å². The Balaban J connectivity index is 0. The first kappa shape index (κ1) is 131. The molecule has 0 atom stereocenters. The Kier molecular flexibility index (Phi) is 1850. The fourth-order valence-electron chi connectivity index (χ4n) is 0. The third kappa shape index (κ3) is 40.5. The summed E-state index contributed by atoms with van der Waals surface area (Å²) in [6.07, 6.45) is 0. The molecule has 0 aromatic carbocycles. The Morgan fingerprint density at radius 1 is 0.600 bits per heavy atom. The van der Waals surface area contributed by atoms with Crippen LogP contribution in [0.2, 0.25) is 0 Å². The second-order valence-electron chi connectivity index (χ2n) is 0. The molecule has 0 aromatic heterocycles. The third-order valence-corrected chi connectivity index (χ3v) is 0. The van der Waals surface area contributed by atoms with Crippen molar-refractivity contribution < 1.29 is 38.4 Å². The van der Waals surface area contributed by atoms with Gasteiger partial charge in [-0.15, -0.1) is 0 Å². The average Bonchev–Trinajstić information content (AvgIpc) is 0. The first-order chi connectivity index (χ1) is 0. The molecule has 5 heavy (non-hydrogen) atoms. The van der Waals surface area contributed by atoms with E-state index in [2.05, 4.69) is 0 Å². The molecule has 1 radical (unpaired) electrons. The minimum atomic E-state index is 0. The third-order valence-electron chi connectivity index (χ3n) is 0. The van der Waals surface area contributed by atoms with Crippen molar-refractivity contribution in [2.45, 2.75) is 0 Å². The molecule has 3 nitrogen and oxygen atoms in total. The van der Waals surface area contributed by atoms with Crippen LogP contribution in [-0.2, 0) is 38.4 Å². The number of hydrogen-bond acceptors (Lipinski definition) is 0. The monoisotopic (exact) mass is 192 g/mol. The van der Waals surface area contributed by atoms with Crippen molar-refractivity contribution >= 4 is 0 Å². The van der Waals surface area contributed by atoms with Gasteiger partial charge in [-0.2, -0.15) is 0 Å². The molecule has 0 aliphatic rings. The molecular weight excluding hydrogens is 190 g/mol. The van der Waals surface area contributed by atoms with E-state index in [0.717, 1.165) is 0 Å². The van der Waals surface area contributed by atoms with E-state index in [4.69, 9.17) is 0 Å². The Morgan fingerprint density at radius 2 is 0.600 bits per heavy atom. The fourth-order valence-corrected chi connectivity index (χ4v) is 0. The second-order valence-corrected chi connectivity index (χ2v) is 0. The summed E-state index contributed by atoms with van der Waals surface area (Å²) in [4.78, 5) is 0. The van der Waals surface area contributed by atoms with Gasteiger partial charge in [0.05, 0.1) is 0 Å². The second kappa shape index (κ2) is 70.8. The largest absolute Gasteiger partial charge is 6.00 e. The predicted octanol–water partition coefficient (Wildman–Crippen LogP) is 0.861. The predicted molar refractivity (Wildman–Crippen MR) is 10.1 cm³/mol. The van der Waals surface area contributed by atoms with Gasteiger partial charge >= 0.3 is 38.4 Å². The van der Waals surface area contributed by atoms with Crippen LogP contribution in [0.15, 0.2) is 0 Å². The summed E-state index contributed by atoms with van der Waals surface area (Å²) >= 11 is 0. The molecule has 0 aliphatic carbocycles. The fraction of sp³-hybridized carbons (Fsp3) is 0. The molecule has 0 aromatic rings. The van der Waals surface area contributed by atoms with Gasteiger partial charge in [-0.25, -0.2) is 0 Å². The summed E-state index contributed by atoms with van der Waals surface area (Å²) in [5.41, 5.74) is 0. The van der Waals surface area contributed by atoms with Crippen LogP contribution in [0.1, 0.15) is 0 Å². The van der Waals surface area contributed by atoms with Crippen LogP contribution in [0.5, 0.6) is 0 Å². The van der Waals surface area contributed by atoms with Crippen LogP contribution in [0.25, 0.3) is 18.5 Å². The molecule has 0 saturated carbocycles. The van der Waals surface area contributed by atoms with Crippen LogP contribution in [0, 0.1) is 0 Å². The van der Waals surface area contributed by atoms with E-state index >= 15 is 0 Å². The zero-order valence-corrected chi connectivity index (χ0v) is 5.44. The molecule has 0 bridgehead atoms. The van der Waals surface area contributed by atoms with Crippen molar-refractivity contribution in [3.63, 3.8) is 0 Å². The SMILES string of the molecule is [Cr+3].[Mo+6].[N-3].[N-3].[N-3]. The quantitative estimate of drug-likeness (QED) is 0.506. The standard InChI is InChI=1S/Cr.Mo.3N/q+3;+6;3*-3. The molecule has 0 amide bonds. The van der Waals surface area contributed by atoms with E-state index in [1.807, 2.05) is 0 Å². The maximum Gasteiger partial charge on any atom is 6.00 e. The summed E-state index contributed by atoms with van der Waals surface area (Å²) in [6, 6.07) is 0. The Morgan fingerprint density at radius 3 is 0.600 bits per heavy atom. The minimum absolute atomic E-state index is 0. The van der Waals surface area contributed by atoms with E-state index in [1.54, 1.807) is 0 Å². The van der Waals surface area contributed by atoms with Gasteiger partial charge in [0.15, 0.2) is 0 Å². The smallest absolute Gasteiger partial charge is 3.00 e. The average molecular weight is 190 g/mol. The zero-order chi connectivity index (χ0) is 0. The first-order valence-corrected chi connectivity index (χ1v) is 0. The van der Waals surface area contributed by atoms with Gasteiger partial charge in [-0.3, -0.25) is 0 Å². The van der Waals surface area contributed by atoms with Crippen molar-refractivity contribution in [2.75, 3.05) is 0 Å². The van der Waals surface area contributed by atoms with Crippen LogP contribution in [-0.4, -0.2) is 0 Å². The van der Waals surface area contributed by atoms with Crippen LogP contribution >= 0.6 is 0 Å². The summed E-state index contributed by atoms with van der Waals surface area (Å²) < 4.78 is 0. The molecule has 0 unspecified atom stereocenters. The van der Waals surface area contributed by atoms with Crippen molar-refractivity contribution in [3.8, 4) is 0 Å². The Bertz CT molecular complexity index is 6.85. The minimum Gasteiger partial charge on any atom is -3.00 e. The molecule has 0 spiro atoms. The van der Waals surface area contributed by atoms with Gasteiger partial charge < -0.3 is 18.5 Å². The van der Waals surface area contributed by atoms with Crippen LogP contribution < -0.4 is 0 Å². The van der Waals surface area contributed by atoms with Gasteiger partial charge in [-0.05, 0) is 0 Å². The maximum atomic E-state index is 0. The number of nitrogens with zero attached hydrogens (tertiary/aromatic N) is 3.